The Hall–Kier alpha value is -2.20. The molecule has 0 aliphatic carbocycles. The van der Waals surface area contributed by atoms with E-state index < -0.39 is 0 Å². The summed E-state index contributed by atoms with van der Waals surface area (Å²) in [7, 11) is 0. The molecule has 0 radical (unpaired) electrons. The molecule has 1 unspecified atom stereocenters. The lowest BCUT2D eigenvalue weighted by Gasteiger charge is -2.15. The van der Waals surface area contributed by atoms with Gasteiger partial charge in [0.05, 0.1) is 5.69 Å². The third kappa shape index (κ3) is 4.68. The van der Waals surface area contributed by atoms with Gasteiger partial charge in [-0.3, -0.25) is 9.78 Å². The van der Waals surface area contributed by atoms with Gasteiger partial charge in [-0.1, -0.05) is 18.2 Å². The minimum Gasteiger partial charge on any atom is -0.326 e. The molecule has 0 spiro atoms. The minimum atomic E-state index is -0.0586. The van der Waals surface area contributed by atoms with Crippen LogP contribution in [0.25, 0.3) is 0 Å². The van der Waals surface area contributed by atoms with E-state index in [4.69, 9.17) is 0 Å². The van der Waals surface area contributed by atoms with Crippen LogP contribution in [0.5, 0.6) is 0 Å². The highest BCUT2D eigenvalue weighted by Crippen LogP contribution is 2.17. The molecule has 2 rings (SSSR count). The zero-order chi connectivity index (χ0) is 15.2. The number of anilines is 1. The summed E-state index contributed by atoms with van der Waals surface area (Å²) in [5, 5.41) is 6.25. The summed E-state index contributed by atoms with van der Waals surface area (Å²) < 4.78 is 0. The smallest absolute Gasteiger partial charge is 0.221 e. The van der Waals surface area contributed by atoms with Gasteiger partial charge in [0.25, 0.3) is 0 Å². The van der Waals surface area contributed by atoms with Crippen LogP contribution in [0.2, 0.25) is 0 Å². The van der Waals surface area contributed by atoms with Gasteiger partial charge in [0, 0.05) is 30.9 Å². The predicted octanol–water partition coefficient (Wildman–Crippen LogP) is 3.20. The molecule has 1 aromatic carbocycles. The second-order valence-corrected chi connectivity index (χ2v) is 5.18. The molecule has 1 aromatic heterocycles. The summed E-state index contributed by atoms with van der Waals surface area (Å²) in [6, 6.07) is 14.1. The molecule has 2 aromatic rings. The van der Waals surface area contributed by atoms with E-state index in [2.05, 4.69) is 22.5 Å². The van der Waals surface area contributed by atoms with Crippen LogP contribution in [-0.4, -0.2) is 10.9 Å². The molecule has 0 fully saturated rings. The van der Waals surface area contributed by atoms with Gasteiger partial charge < -0.3 is 10.6 Å². The highest BCUT2D eigenvalue weighted by Gasteiger charge is 2.06. The van der Waals surface area contributed by atoms with Gasteiger partial charge in [-0.2, -0.15) is 0 Å². The van der Waals surface area contributed by atoms with Gasteiger partial charge in [-0.15, -0.1) is 0 Å². The Morgan fingerprint density at radius 2 is 2.00 bits per heavy atom. The van der Waals surface area contributed by atoms with E-state index in [1.54, 1.807) is 0 Å². The molecule has 1 atom stereocenters. The summed E-state index contributed by atoms with van der Waals surface area (Å²) >= 11 is 0. The van der Waals surface area contributed by atoms with Crippen molar-refractivity contribution in [1.29, 1.82) is 0 Å². The number of nitrogens with zero attached hydrogens (tertiary/aromatic N) is 1. The molecule has 110 valence electrons. The molecule has 4 nitrogen and oxygen atoms in total. The van der Waals surface area contributed by atoms with Gasteiger partial charge in [-0.05, 0) is 43.7 Å². The average molecular weight is 283 g/mol. The van der Waals surface area contributed by atoms with Gasteiger partial charge in [0.15, 0.2) is 0 Å². The lowest BCUT2D eigenvalue weighted by atomic mass is 10.1. The zero-order valence-corrected chi connectivity index (χ0v) is 12.7. The van der Waals surface area contributed by atoms with Gasteiger partial charge in [-0.25, -0.2) is 0 Å². The van der Waals surface area contributed by atoms with Crippen molar-refractivity contribution in [1.82, 2.24) is 10.3 Å². The second kappa shape index (κ2) is 6.99. The largest absolute Gasteiger partial charge is 0.326 e. The number of aromatic nitrogens is 1. The zero-order valence-electron chi connectivity index (χ0n) is 12.7. The van der Waals surface area contributed by atoms with Crippen molar-refractivity contribution >= 4 is 11.6 Å². The molecule has 0 saturated heterocycles. The fourth-order valence-corrected chi connectivity index (χ4v) is 2.16. The van der Waals surface area contributed by atoms with E-state index in [1.165, 1.54) is 6.92 Å². The fraction of sp³-hybridized carbons (Fsp3) is 0.294. The van der Waals surface area contributed by atoms with Crippen LogP contribution in [0.15, 0.2) is 42.5 Å². The number of nitrogens with one attached hydrogen (secondary N) is 2. The van der Waals surface area contributed by atoms with Gasteiger partial charge in [0.1, 0.15) is 0 Å². The quantitative estimate of drug-likeness (QED) is 0.886. The van der Waals surface area contributed by atoms with E-state index in [0.29, 0.717) is 6.54 Å². The molecular formula is C17H21N3O. The number of hydrogen-bond acceptors (Lipinski definition) is 3. The summed E-state index contributed by atoms with van der Waals surface area (Å²) in [6.07, 6.45) is 0. The predicted molar refractivity (Wildman–Crippen MR) is 85.0 cm³/mol. The lowest BCUT2D eigenvalue weighted by Crippen LogP contribution is -2.19. The highest BCUT2D eigenvalue weighted by molar-refractivity contribution is 5.88. The monoisotopic (exact) mass is 283 g/mol. The maximum atomic E-state index is 11.1. The molecule has 4 heteroatoms. The Labute approximate surface area is 125 Å². The first-order valence-corrected chi connectivity index (χ1v) is 7.08. The molecule has 0 bridgehead atoms. The fourth-order valence-electron chi connectivity index (χ4n) is 2.16. The Balaban J connectivity index is 1.99. The Morgan fingerprint density at radius 3 is 2.71 bits per heavy atom. The standard InChI is InChI=1S/C17H21N3O/c1-12-6-4-9-17(19-12)11-18-13(2)15-7-5-8-16(10-15)20-14(3)21/h4-10,13,18H,11H2,1-3H3,(H,20,21). The summed E-state index contributed by atoms with van der Waals surface area (Å²) in [6.45, 7) is 6.32. The molecule has 0 saturated carbocycles. The van der Waals surface area contributed by atoms with Crippen LogP contribution in [-0.2, 0) is 11.3 Å². The van der Waals surface area contributed by atoms with Crippen LogP contribution in [0.1, 0.15) is 36.8 Å². The maximum absolute atomic E-state index is 11.1. The molecule has 0 aliphatic rings. The van der Waals surface area contributed by atoms with Crippen LogP contribution in [0, 0.1) is 6.92 Å². The van der Waals surface area contributed by atoms with E-state index in [-0.39, 0.29) is 11.9 Å². The Kier molecular flexibility index (Phi) is 5.06. The number of carbonyl (C=O) groups is 1. The maximum Gasteiger partial charge on any atom is 0.221 e. The van der Waals surface area contributed by atoms with Crippen molar-refractivity contribution in [2.24, 2.45) is 0 Å². The molecular weight excluding hydrogens is 262 g/mol. The number of pyridine rings is 1. The van der Waals surface area contributed by atoms with Crippen LogP contribution in [0.3, 0.4) is 0 Å². The van der Waals surface area contributed by atoms with E-state index in [0.717, 1.165) is 22.6 Å². The van der Waals surface area contributed by atoms with Crippen molar-refractivity contribution < 1.29 is 4.79 Å². The van der Waals surface area contributed by atoms with Crippen molar-refractivity contribution in [2.75, 3.05) is 5.32 Å². The number of rotatable bonds is 5. The SMILES string of the molecule is CC(=O)Nc1cccc(C(C)NCc2cccc(C)n2)c1. The van der Waals surface area contributed by atoms with Crippen molar-refractivity contribution in [3.63, 3.8) is 0 Å². The molecule has 2 N–H and O–H groups in total. The summed E-state index contributed by atoms with van der Waals surface area (Å²) in [4.78, 5) is 15.6. The topological polar surface area (TPSA) is 54.0 Å². The van der Waals surface area contributed by atoms with E-state index in [9.17, 15) is 4.79 Å². The lowest BCUT2D eigenvalue weighted by molar-refractivity contribution is -0.114. The molecule has 1 amide bonds. The van der Waals surface area contributed by atoms with Crippen molar-refractivity contribution in [3.05, 3.63) is 59.4 Å². The Bertz CT molecular complexity index is 625. The van der Waals surface area contributed by atoms with Crippen LogP contribution >= 0.6 is 0 Å². The van der Waals surface area contributed by atoms with Crippen molar-refractivity contribution in [2.45, 2.75) is 33.4 Å². The first kappa shape index (κ1) is 15.2. The Morgan fingerprint density at radius 1 is 1.24 bits per heavy atom. The van der Waals surface area contributed by atoms with Gasteiger partial charge >= 0.3 is 0 Å². The third-order valence-electron chi connectivity index (χ3n) is 3.24. The summed E-state index contributed by atoms with van der Waals surface area (Å²) in [5.41, 5.74) is 4.01. The number of carbonyl (C=O) groups excluding carboxylic acids is 1. The summed E-state index contributed by atoms with van der Waals surface area (Å²) in [5.74, 6) is -0.0586. The van der Waals surface area contributed by atoms with Crippen molar-refractivity contribution in [3.8, 4) is 0 Å². The van der Waals surface area contributed by atoms with Crippen LogP contribution < -0.4 is 10.6 Å². The number of aryl methyl sites for hydroxylation is 1. The van der Waals surface area contributed by atoms with E-state index in [1.807, 2.05) is 49.4 Å². The third-order valence-corrected chi connectivity index (χ3v) is 3.24. The minimum absolute atomic E-state index is 0.0586. The average Bonchev–Trinajstić information content (AvgIpc) is 2.44. The first-order valence-electron chi connectivity index (χ1n) is 7.08. The number of benzene rings is 1. The van der Waals surface area contributed by atoms with Crippen LogP contribution in [0.4, 0.5) is 5.69 Å². The second-order valence-electron chi connectivity index (χ2n) is 5.18. The van der Waals surface area contributed by atoms with E-state index >= 15 is 0 Å². The molecule has 21 heavy (non-hydrogen) atoms. The number of hydrogen-bond donors (Lipinski definition) is 2. The number of amides is 1. The molecule has 0 aliphatic heterocycles. The molecule has 1 heterocycles. The van der Waals surface area contributed by atoms with Gasteiger partial charge in [0.2, 0.25) is 5.91 Å². The highest BCUT2D eigenvalue weighted by atomic mass is 16.1. The normalized spacial score (nSPS) is 12.0. The first-order chi connectivity index (χ1) is 10.0.